The molecular formula is C71H138O17P2. The Morgan fingerprint density at radius 2 is 0.467 bits per heavy atom. The van der Waals surface area contributed by atoms with Crippen molar-refractivity contribution in [3.63, 3.8) is 0 Å². The highest BCUT2D eigenvalue weighted by Gasteiger charge is 2.30. The second-order valence-electron chi connectivity index (χ2n) is 27.5. The molecule has 0 amide bonds. The van der Waals surface area contributed by atoms with E-state index in [9.17, 15) is 43.2 Å². The fourth-order valence-electron chi connectivity index (χ4n) is 10.7. The van der Waals surface area contributed by atoms with Gasteiger partial charge in [-0.05, 0) is 49.4 Å². The van der Waals surface area contributed by atoms with Crippen LogP contribution >= 0.6 is 15.6 Å². The molecule has 0 heterocycles. The molecule has 0 aromatic rings. The van der Waals surface area contributed by atoms with Gasteiger partial charge in [-0.2, -0.15) is 0 Å². The average Bonchev–Trinajstić information content (AvgIpc) is 3.70. The minimum Gasteiger partial charge on any atom is -0.462 e. The lowest BCUT2D eigenvalue weighted by atomic mass is 10.0. The van der Waals surface area contributed by atoms with Gasteiger partial charge in [0.2, 0.25) is 0 Å². The van der Waals surface area contributed by atoms with Crippen molar-refractivity contribution in [3.05, 3.63) is 0 Å². The van der Waals surface area contributed by atoms with Crippen molar-refractivity contribution < 1.29 is 80.2 Å². The smallest absolute Gasteiger partial charge is 0.462 e. The topological polar surface area (TPSA) is 237 Å². The summed E-state index contributed by atoms with van der Waals surface area (Å²) in [6.45, 7) is 14.1. The van der Waals surface area contributed by atoms with E-state index in [0.717, 1.165) is 114 Å². The quantitative estimate of drug-likeness (QED) is 0.0222. The standard InChI is InChI=1S/C71H138O17P2/c1-61(2)47-39-31-23-17-13-10-9-11-15-19-27-37-45-53-70(75)88-67(58-82-69(74)52-44-36-30-29-34-42-50-64(7)8)60-86-90(79,80)84-56-65(72)55-83-89(77,78)85-59-66(57-81-68(73)51-43-35-26-22-21-25-33-41-49-63(5)6)87-71(76)54-46-38-28-20-16-12-14-18-24-32-40-48-62(3)4/h61-67,72H,9-60H2,1-8H3,(H,77,78)(H,79,80)/t65-,66-,67-/m1/s1. The highest BCUT2D eigenvalue weighted by molar-refractivity contribution is 7.47. The van der Waals surface area contributed by atoms with Crippen molar-refractivity contribution in [2.24, 2.45) is 23.7 Å². The fraction of sp³-hybridized carbons (Fsp3) is 0.944. The van der Waals surface area contributed by atoms with Gasteiger partial charge < -0.3 is 33.8 Å². The number of phosphoric acid groups is 2. The molecule has 0 aromatic heterocycles. The highest BCUT2D eigenvalue weighted by Crippen LogP contribution is 2.45. The molecular weight excluding hydrogens is 1190 g/mol. The Hall–Kier alpha value is -1.94. The van der Waals surface area contributed by atoms with Crippen LogP contribution in [0.2, 0.25) is 0 Å². The van der Waals surface area contributed by atoms with E-state index in [0.29, 0.717) is 31.6 Å². The number of esters is 4. The molecule has 0 rings (SSSR count). The maximum Gasteiger partial charge on any atom is 0.472 e. The van der Waals surface area contributed by atoms with Crippen LogP contribution in [-0.4, -0.2) is 96.7 Å². The number of carbonyl (C=O) groups excluding carboxylic acids is 4. The summed E-state index contributed by atoms with van der Waals surface area (Å²) in [5.41, 5.74) is 0. The summed E-state index contributed by atoms with van der Waals surface area (Å²) >= 11 is 0. The number of aliphatic hydroxyl groups is 1. The predicted molar refractivity (Wildman–Crippen MR) is 363 cm³/mol. The highest BCUT2D eigenvalue weighted by atomic mass is 31.2. The number of ether oxygens (including phenoxy) is 4. The summed E-state index contributed by atoms with van der Waals surface area (Å²) in [6.07, 6.45) is 43.2. The van der Waals surface area contributed by atoms with E-state index < -0.39 is 97.5 Å². The molecule has 19 heteroatoms. The first-order valence-electron chi connectivity index (χ1n) is 36.7. The van der Waals surface area contributed by atoms with E-state index >= 15 is 0 Å². The van der Waals surface area contributed by atoms with E-state index in [1.165, 1.54) is 148 Å². The van der Waals surface area contributed by atoms with E-state index in [2.05, 4.69) is 55.4 Å². The largest absolute Gasteiger partial charge is 0.472 e. The molecule has 0 spiro atoms. The van der Waals surface area contributed by atoms with Gasteiger partial charge in [0.25, 0.3) is 0 Å². The first-order valence-corrected chi connectivity index (χ1v) is 39.7. The monoisotopic (exact) mass is 1320 g/mol. The fourth-order valence-corrected chi connectivity index (χ4v) is 12.2. The van der Waals surface area contributed by atoms with Gasteiger partial charge in [-0.25, -0.2) is 9.13 Å². The van der Waals surface area contributed by atoms with Gasteiger partial charge in [0.15, 0.2) is 12.2 Å². The molecule has 0 aliphatic rings. The van der Waals surface area contributed by atoms with Gasteiger partial charge in [-0.15, -0.1) is 0 Å². The van der Waals surface area contributed by atoms with Crippen LogP contribution in [0.4, 0.5) is 0 Å². The summed E-state index contributed by atoms with van der Waals surface area (Å²) < 4.78 is 68.3. The minimum atomic E-state index is -4.95. The van der Waals surface area contributed by atoms with Crippen molar-refractivity contribution in [2.45, 2.75) is 369 Å². The Kier molecular flexibility index (Phi) is 59.4. The van der Waals surface area contributed by atoms with Crippen molar-refractivity contribution in [3.8, 4) is 0 Å². The zero-order valence-corrected chi connectivity index (χ0v) is 60.6. The molecule has 534 valence electrons. The first-order chi connectivity index (χ1) is 43.1. The molecule has 0 bridgehead atoms. The molecule has 0 fully saturated rings. The Labute approximate surface area is 549 Å². The molecule has 2 unspecified atom stereocenters. The third-order valence-corrected chi connectivity index (χ3v) is 18.2. The number of rotatable bonds is 68. The van der Waals surface area contributed by atoms with Crippen LogP contribution in [0.1, 0.15) is 351 Å². The number of aliphatic hydroxyl groups excluding tert-OH is 1. The van der Waals surface area contributed by atoms with Crippen LogP contribution in [0.25, 0.3) is 0 Å². The number of unbranched alkanes of at least 4 members (excludes halogenated alkanes) is 34. The number of phosphoric ester groups is 2. The Morgan fingerprint density at radius 3 is 0.689 bits per heavy atom. The van der Waals surface area contributed by atoms with Gasteiger partial charge in [0, 0.05) is 25.7 Å². The Balaban J connectivity index is 5.23. The number of hydrogen-bond donors (Lipinski definition) is 3. The third-order valence-electron chi connectivity index (χ3n) is 16.3. The predicted octanol–water partition coefficient (Wildman–Crippen LogP) is 20.1. The molecule has 0 aromatic carbocycles. The van der Waals surface area contributed by atoms with Gasteiger partial charge in [0.1, 0.15) is 19.3 Å². The zero-order valence-electron chi connectivity index (χ0n) is 58.8. The lowest BCUT2D eigenvalue weighted by Gasteiger charge is -2.21. The van der Waals surface area contributed by atoms with Gasteiger partial charge in [-0.1, -0.05) is 299 Å². The first kappa shape index (κ1) is 88.1. The molecule has 90 heavy (non-hydrogen) atoms. The average molecular weight is 1330 g/mol. The van der Waals surface area contributed by atoms with Crippen molar-refractivity contribution in [1.82, 2.24) is 0 Å². The molecule has 0 aliphatic heterocycles. The molecule has 0 saturated heterocycles. The lowest BCUT2D eigenvalue weighted by molar-refractivity contribution is -0.161. The van der Waals surface area contributed by atoms with Crippen molar-refractivity contribution in [1.29, 1.82) is 0 Å². The van der Waals surface area contributed by atoms with Crippen LogP contribution in [0.3, 0.4) is 0 Å². The molecule has 3 N–H and O–H groups in total. The van der Waals surface area contributed by atoms with Crippen LogP contribution in [0.5, 0.6) is 0 Å². The number of carbonyl (C=O) groups is 4. The van der Waals surface area contributed by atoms with E-state index in [-0.39, 0.29) is 25.7 Å². The lowest BCUT2D eigenvalue weighted by Crippen LogP contribution is -2.30. The van der Waals surface area contributed by atoms with Gasteiger partial charge in [0.05, 0.1) is 26.4 Å². The van der Waals surface area contributed by atoms with E-state index in [1.807, 2.05) is 0 Å². The van der Waals surface area contributed by atoms with Crippen LogP contribution in [0, 0.1) is 23.7 Å². The maximum absolute atomic E-state index is 13.0. The molecule has 5 atom stereocenters. The minimum absolute atomic E-state index is 0.105. The van der Waals surface area contributed by atoms with Crippen LogP contribution in [0.15, 0.2) is 0 Å². The Bertz CT molecular complexity index is 1780. The van der Waals surface area contributed by atoms with Crippen molar-refractivity contribution >= 4 is 39.5 Å². The molecule has 17 nitrogen and oxygen atoms in total. The summed E-state index contributed by atoms with van der Waals surface area (Å²) in [5, 5.41) is 10.6. The summed E-state index contributed by atoms with van der Waals surface area (Å²) in [4.78, 5) is 72.5. The van der Waals surface area contributed by atoms with E-state index in [1.54, 1.807) is 0 Å². The summed E-state index contributed by atoms with van der Waals surface area (Å²) in [5.74, 6) is 0.828. The zero-order chi connectivity index (χ0) is 66.8. The molecule has 0 aliphatic carbocycles. The second kappa shape index (κ2) is 60.7. The third kappa shape index (κ3) is 64.8. The molecule has 0 radical (unpaired) electrons. The van der Waals surface area contributed by atoms with Crippen LogP contribution in [-0.2, 0) is 65.4 Å². The normalized spacial score (nSPS) is 14.3. The van der Waals surface area contributed by atoms with Gasteiger partial charge >= 0.3 is 39.5 Å². The van der Waals surface area contributed by atoms with Gasteiger partial charge in [-0.3, -0.25) is 37.3 Å². The summed E-state index contributed by atoms with van der Waals surface area (Å²) in [6, 6.07) is 0. The van der Waals surface area contributed by atoms with Crippen LogP contribution < -0.4 is 0 Å². The Morgan fingerprint density at radius 1 is 0.278 bits per heavy atom. The SMILES string of the molecule is CC(C)CCCCCCCCCCCCCCCC(=O)O[C@H](COC(=O)CCCCCCCCC(C)C)COP(=O)(O)OC[C@H](O)COP(=O)(O)OC[C@@H](COC(=O)CCCCCCCCCCC(C)C)OC(=O)CCCCCCCCCCCCCC(C)C. The maximum atomic E-state index is 13.0. The van der Waals surface area contributed by atoms with E-state index in [4.69, 9.17) is 37.0 Å². The van der Waals surface area contributed by atoms with Crippen molar-refractivity contribution in [2.75, 3.05) is 39.6 Å². The second-order valence-corrected chi connectivity index (χ2v) is 30.4. The molecule has 0 saturated carbocycles. The number of hydrogen-bond acceptors (Lipinski definition) is 15. The summed E-state index contributed by atoms with van der Waals surface area (Å²) in [7, 11) is -9.90.